The highest BCUT2D eigenvalue weighted by molar-refractivity contribution is 5.69. The third-order valence-corrected chi connectivity index (χ3v) is 2.28. The Morgan fingerprint density at radius 3 is 2.82 bits per heavy atom. The van der Waals surface area contributed by atoms with Crippen LogP contribution in [-0.2, 0) is 6.42 Å². The van der Waals surface area contributed by atoms with Crippen LogP contribution in [0, 0.1) is 11.3 Å². The van der Waals surface area contributed by atoms with Gasteiger partial charge in [0.1, 0.15) is 17.3 Å². The molecule has 1 heterocycles. The highest BCUT2D eigenvalue weighted by Gasteiger charge is 2.16. The minimum Gasteiger partial charge on any atom is -0.411 e. The summed E-state index contributed by atoms with van der Waals surface area (Å²) in [5.74, 6) is 0.393. The molecule has 0 saturated heterocycles. The van der Waals surface area contributed by atoms with Gasteiger partial charge in [-0.05, 0) is 0 Å². The van der Waals surface area contributed by atoms with E-state index in [1.165, 1.54) is 6.21 Å². The number of nitriles is 1. The maximum absolute atomic E-state index is 9.09. The maximum atomic E-state index is 9.09. The van der Waals surface area contributed by atoms with E-state index in [1.807, 2.05) is 30.3 Å². The van der Waals surface area contributed by atoms with E-state index in [0.717, 1.165) is 5.56 Å². The van der Waals surface area contributed by atoms with Crippen molar-refractivity contribution in [1.29, 1.82) is 5.26 Å². The summed E-state index contributed by atoms with van der Waals surface area (Å²) in [4.78, 5) is 0. The van der Waals surface area contributed by atoms with Crippen LogP contribution in [0.2, 0.25) is 0 Å². The van der Waals surface area contributed by atoms with Crippen LogP contribution in [0.3, 0.4) is 0 Å². The Bertz CT molecular complexity index is 567. The van der Waals surface area contributed by atoms with Gasteiger partial charge in [-0.25, -0.2) is 0 Å². The zero-order valence-electron chi connectivity index (χ0n) is 8.87. The summed E-state index contributed by atoms with van der Waals surface area (Å²) < 4.78 is 5.07. The molecule has 0 bridgehead atoms. The molecule has 0 aliphatic carbocycles. The third kappa shape index (κ3) is 2.16. The van der Waals surface area contributed by atoms with Gasteiger partial charge in [0.2, 0.25) is 0 Å². The molecule has 0 spiro atoms. The Kier molecular flexibility index (Phi) is 3.17. The molecule has 5 nitrogen and oxygen atoms in total. The van der Waals surface area contributed by atoms with E-state index in [1.54, 1.807) is 0 Å². The van der Waals surface area contributed by atoms with Gasteiger partial charge >= 0.3 is 0 Å². The maximum Gasteiger partial charge on any atom is 0.160 e. The van der Waals surface area contributed by atoms with Crippen molar-refractivity contribution in [2.75, 3.05) is 0 Å². The van der Waals surface area contributed by atoms with E-state index in [9.17, 15) is 0 Å². The second-order valence-electron chi connectivity index (χ2n) is 3.31. The first-order valence-corrected chi connectivity index (χ1v) is 4.96. The third-order valence-electron chi connectivity index (χ3n) is 2.28. The highest BCUT2D eigenvalue weighted by Crippen LogP contribution is 2.24. The first-order chi connectivity index (χ1) is 8.36. The molecule has 0 amide bonds. The fourth-order valence-corrected chi connectivity index (χ4v) is 1.50. The average molecular weight is 227 g/mol. The first-order valence-electron chi connectivity index (χ1n) is 4.96. The van der Waals surface area contributed by atoms with Crippen LogP contribution in [0.5, 0.6) is 0 Å². The molecule has 2 aromatic rings. The summed E-state index contributed by atoms with van der Waals surface area (Å²) >= 11 is 0. The highest BCUT2D eigenvalue weighted by atomic mass is 16.5. The number of nitrogens with zero attached hydrogens (tertiary/aromatic N) is 3. The standard InChI is InChI=1S/C12H9N3O2/c13-8-10-11(6-7-14-16)17-15-12(10)9-4-2-1-3-5-9/h1-5,7,16H,6H2. The fourth-order valence-electron chi connectivity index (χ4n) is 1.50. The molecule has 0 fully saturated rings. The van der Waals surface area contributed by atoms with Crippen molar-refractivity contribution < 1.29 is 9.73 Å². The minimum absolute atomic E-state index is 0.235. The number of benzene rings is 1. The predicted octanol–water partition coefficient (Wildman–Crippen LogP) is 2.22. The summed E-state index contributed by atoms with van der Waals surface area (Å²) in [6.45, 7) is 0. The van der Waals surface area contributed by atoms with Crippen LogP contribution in [-0.4, -0.2) is 16.6 Å². The lowest BCUT2D eigenvalue weighted by Gasteiger charge is -1.94. The Hall–Kier alpha value is -2.61. The minimum atomic E-state index is 0.235. The van der Waals surface area contributed by atoms with Gasteiger partial charge < -0.3 is 9.73 Å². The molecule has 1 N–H and O–H groups in total. The second-order valence-corrected chi connectivity index (χ2v) is 3.31. The van der Waals surface area contributed by atoms with Crippen LogP contribution in [0.25, 0.3) is 11.3 Å². The lowest BCUT2D eigenvalue weighted by atomic mass is 10.1. The Balaban J connectivity index is 2.44. The molecule has 1 aromatic carbocycles. The zero-order chi connectivity index (χ0) is 12.1. The molecule has 0 unspecified atom stereocenters. The topological polar surface area (TPSA) is 82.4 Å². The van der Waals surface area contributed by atoms with E-state index in [2.05, 4.69) is 16.4 Å². The predicted molar refractivity (Wildman–Crippen MR) is 60.6 cm³/mol. The lowest BCUT2D eigenvalue weighted by molar-refractivity contribution is 0.319. The van der Waals surface area contributed by atoms with Gasteiger partial charge in [0.25, 0.3) is 0 Å². The summed E-state index contributed by atoms with van der Waals surface area (Å²) in [6.07, 6.45) is 1.48. The van der Waals surface area contributed by atoms with Crippen molar-refractivity contribution in [3.8, 4) is 17.3 Å². The van der Waals surface area contributed by atoms with Crippen molar-refractivity contribution in [2.24, 2.45) is 5.16 Å². The molecule has 0 aliphatic rings. The summed E-state index contributed by atoms with van der Waals surface area (Å²) in [6, 6.07) is 11.4. The lowest BCUT2D eigenvalue weighted by Crippen LogP contribution is -1.88. The van der Waals surface area contributed by atoms with Crippen molar-refractivity contribution in [3.63, 3.8) is 0 Å². The van der Waals surface area contributed by atoms with E-state index in [4.69, 9.17) is 15.0 Å². The fraction of sp³-hybridized carbons (Fsp3) is 0.0833. The molecule has 1 aromatic heterocycles. The summed E-state index contributed by atoms with van der Waals surface area (Å²) in [5, 5.41) is 24.2. The number of aromatic nitrogens is 1. The molecule has 0 aliphatic heterocycles. The quantitative estimate of drug-likeness (QED) is 0.495. The molecule has 5 heteroatoms. The van der Waals surface area contributed by atoms with Crippen LogP contribution in [0.4, 0.5) is 0 Å². The molecule has 0 radical (unpaired) electrons. The van der Waals surface area contributed by atoms with Gasteiger partial charge in [-0.15, -0.1) is 5.16 Å². The molecule has 0 saturated carbocycles. The largest absolute Gasteiger partial charge is 0.411 e. The van der Waals surface area contributed by atoms with E-state index < -0.39 is 0 Å². The average Bonchev–Trinajstić information content (AvgIpc) is 2.80. The molecule has 17 heavy (non-hydrogen) atoms. The number of hydrogen-bond acceptors (Lipinski definition) is 5. The molecule has 2 rings (SSSR count). The van der Waals surface area contributed by atoms with Gasteiger partial charge in [-0.2, -0.15) is 5.26 Å². The monoisotopic (exact) mass is 227 g/mol. The molecular formula is C12H9N3O2. The Morgan fingerprint density at radius 1 is 1.41 bits per heavy atom. The van der Waals surface area contributed by atoms with Crippen molar-refractivity contribution in [2.45, 2.75) is 6.42 Å². The number of hydrogen-bond donors (Lipinski definition) is 1. The van der Waals surface area contributed by atoms with Crippen LogP contribution in [0.15, 0.2) is 40.0 Å². The Labute approximate surface area is 97.6 Å². The number of oxime groups is 1. The molecular weight excluding hydrogens is 218 g/mol. The molecule has 0 atom stereocenters. The van der Waals surface area contributed by atoms with Gasteiger partial charge in [0, 0.05) is 12.0 Å². The zero-order valence-corrected chi connectivity index (χ0v) is 8.87. The Morgan fingerprint density at radius 2 is 2.18 bits per heavy atom. The first kappa shape index (κ1) is 10.9. The SMILES string of the molecule is N#Cc1c(-c2ccccc2)noc1CC=NO. The summed E-state index contributed by atoms with van der Waals surface area (Å²) in [5.41, 5.74) is 1.70. The van der Waals surface area contributed by atoms with E-state index in [0.29, 0.717) is 17.0 Å². The normalized spacial score (nSPS) is 10.5. The second kappa shape index (κ2) is 4.94. The smallest absolute Gasteiger partial charge is 0.160 e. The van der Waals surface area contributed by atoms with Gasteiger partial charge in [-0.3, -0.25) is 0 Å². The van der Waals surface area contributed by atoms with Crippen molar-refractivity contribution in [1.82, 2.24) is 5.16 Å². The number of rotatable bonds is 3. The summed E-state index contributed by atoms with van der Waals surface area (Å²) in [7, 11) is 0. The van der Waals surface area contributed by atoms with Gasteiger partial charge in [-0.1, -0.05) is 35.5 Å². The molecule has 84 valence electrons. The van der Waals surface area contributed by atoms with Gasteiger partial charge in [0.05, 0.1) is 6.21 Å². The van der Waals surface area contributed by atoms with E-state index >= 15 is 0 Å². The van der Waals surface area contributed by atoms with Gasteiger partial charge in [0.15, 0.2) is 5.76 Å². The van der Waals surface area contributed by atoms with Crippen molar-refractivity contribution >= 4 is 6.21 Å². The van der Waals surface area contributed by atoms with Crippen LogP contribution >= 0.6 is 0 Å². The van der Waals surface area contributed by atoms with Crippen LogP contribution < -0.4 is 0 Å². The van der Waals surface area contributed by atoms with Crippen molar-refractivity contribution in [3.05, 3.63) is 41.7 Å². The van der Waals surface area contributed by atoms with Crippen LogP contribution in [0.1, 0.15) is 11.3 Å². The van der Waals surface area contributed by atoms with E-state index in [-0.39, 0.29) is 6.42 Å².